The highest BCUT2D eigenvalue weighted by atomic mass is 35.5. The van der Waals surface area contributed by atoms with E-state index in [4.69, 9.17) is 10.5 Å². The maximum absolute atomic E-state index is 12.7. The minimum absolute atomic E-state index is 0. The van der Waals surface area contributed by atoms with E-state index in [1.165, 1.54) is 0 Å². The summed E-state index contributed by atoms with van der Waals surface area (Å²) in [7, 11) is 0. The fourth-order valence-corrected chi connectivity index (χ4v) is 3.43. The molecule has 3 unspecified atom stereocenters. The summed E-state index contributed by atoms with van der Waals surface area (Å²) in [6.45, 7) is 1.98. The molecule has 2 N–H and O–H groups in total. The first-order valence-electron chi connectivity index (χ1n) is 7.95. The molecule has 1 heterocycles. The minimum Gasteiger partial charge on any atom is -0.370 e. The summed E-state index contributed by atoms with van der Waals surface area (Å²) in [4.78, 5) is 14.7. The van der Waals surface area contributed by atoms with Crippen molar-refractivity contribution >= 4 is 18.3 Å². The molecular weight excluding hydrogens is 300 g/mol. The van der Waals surface area contributed by atoms with Gasteiger partial charge in [-0.1, -0.05) is 36.8 Å². The number of nitrogens with zero attached hydrogens (tertiary/aromatic N) is 1. The molecule has 1 aromatic carbocycles. The van der Waals surface area contributed by atoms with Gasteiger partial charge in [-0.2, -0.15) is 0 Å². The number of ether oxygens (including phenoxy) is 1. The zero-order valence-electron chi connectivity index (χ0n) is 12.8. The maximum atomic E-state index is 12.7. The van der Waals surface area contributed by atoms with Crippen LogP contribution in [0.15, 0.2) is 30.3 Å². The van der Waals surface area contributed by atoms with Crippen LogP contribution in [0.4, 0.5) is 0 Å². The number of benzene rings is 1. The van der Waals surface area contributed by atoms with Gasteiger partial charge in [0.05, 0.1) is 13.2 Å². The third-order valence-electron chi connectivity index (χ3n) is 4.61. The standard InChI is InChI=1S/C17H24N2O2.ClH/c18-15-8-4-7-14(11-15)17(20)19-9-10-21-16(12-19)13-5-2-1-3-6-13;/h1-3,5-6,14-16H,4,7-12,18H2;1H. The fraction of sp³-hybridized carbons (Fsp3) is 0.588. The summed E-state index contributed by atoms with van der Waals surface area (Å²) in [5, 5.41) is 0. The van der Waals surface area contributed by atoms with Crippen LogP contribution >= 0.6 is 12.4 Å². The Labute approximate surface area is 138 Å². The molecule has 122 valence electrons. The molecule has 0 radical (unpaired) electrons. The van der Waals surface area contributed by atoms with E-state index >= 15 is 0 Å². The predicted molar refractivity (Wildman–Crippen MR) is 88.9 cm³/mol. The van der Waals surface area contributed by atoms with E-state index in [9.17, 15) is 4.79 Å². The lowest BCUT2D eigenvalue weighted by Crippen LogP contribution is -2.46. The second-order valence-electron chi connectivity index (χ2n) is 6.18. The molecule has 4 nitrogen and oxygen atoms in total. The number of morpholine rings is 1. The van der Waals surface area contributed by atoms with Crippen LogP contribution in [0.25, 0.3) is 0 Å². The predicted octanol–water partition coefficient (Wildman–Crippen LogP) is 2.53. The smallest absolute Gasteiger partial charge is 0.225 e. The van der Waals surface area contributed by atoms with Crippen molar-refractivity contribution in [3.05, 3.63) is 35.9 Å². The number of amides is 1. The van der Waals surface area contributed by atoms with Gasteiger partial charge in [0.2, 0.25) is 5.91 Å². The van der Waals surface area contributed by atoms with Crippen molar-refractivity contribution in [2.75, 3.05) is 19.7 Å². The Morgan fingerprint density at radius 1 is 1.23 bits per heavy atom. The Kier molecular flexibility index (Phi) is 6.24. The summed E-state index contributed by atoms with van der Waals surface area (Å²) >= 11 is 0. The highest BCUT2D eigenvalue weighted by Crippen LogP contribution is 2.28. The average molecular weight is 325 g/mol. The van der Waals surface area contributed by atoms with Gasteiger partial charge < -0.3 is 15.4 Å². The zero-order valence-corrected chi connectivity index (χ0v) is 13.6. The van der Waals surface area contributed by atoms with E-state index in [0.29, 0.717) is 19.7 Å². The van der Waals surface area contributed by atoms with Gasteiger partial charge in [-0.15, -0.1) is 12.4 Å². The molecule has 0 bridgehead atoms. The van der Waals surface area contributed by atoms with Crippen LogP contribution in [0.1, 0.15) is 37.4 Å². The number of nitrogens with two attached hydrogens (primary N) is 1. The SMILES string of the molecule is Cl.NC1CCCC(C(=O)N2CCOC(c3ccccc3)C2)C1. The van der Waals surface area contributed by atoms with Gasteiger partial charge in [0.25, 0.3) is 0 Å². The van der Waals surface area contributed by atoms with Crippen molar-refractivity contribution in [1.29, 1.82) is 0 Å². The second-order valence-corrected chi connectivity index (χ2v) is 6.18. The van der Waals surface area contributed by atoms with E-state index in [0.717, 1.165) is 31.2 Å². The Hall–Kier alpha value is -1.10. The highest BCUT2D eigenvalue weighted by Gasteiger charge is 2.32. The van der Waals surface area contributed by atoms with Crippen LogP contribution in [0.2, 0.25) is 0 Å². The van der Waals surface area contributed by atoms with E-state index in [2.05, 4.69) is 12.1 Å². The lowest BCUT2D eigenvalue weighted by molar-refractivity contribution is -0.144. The zero-order chi connectivity index (χ0) is 14.7. The van der Waals surface area contributed by atoms with E-state index < -0.39 is 0 Å². The summed E-state index contributed by atoms with van der Waals surface area (Å²) in [6.07, 6.45) is 3.96. The lowest BCUT2D eigenvalue weighted by Gasteiger charge is -2.37. The molecule has 1 saturated carbocycles. The lowest BCUT2D eigenvalue weighted by atomic mass is 9.85. The van der Waals surface area contributed by atoms with Crippen LogP contribution in [0, 0.1) is 5.92 Å². The van der Waals surface area contributed by atoms with Gasteiger partial charge in [-0.25, -0.2) is 0 Å². The molecule has 2 fully saturated rings. The molecule has 1 aliphatic heterocycles. The molecule has 22 heavy (non-hydrogen) atoms. The molecule has 1 amide bonds. The van der Waals surface area contributed by atoms with Crippen LogP contribution < -0.4 is 5.73 Å². The van der Waals surface area contributed by atoms with Gasteiger partial charge in [-0.3, -0.25) is 4.79 Å². The molecule has 3 atom stereocenters. The van der Waals surface area contributed by atoms with Gasteiger partial charge in [-0.05, 0) is 24.8 Å². The van der Waals surface area contributed by atoms with E-state index in [-0.39, 0.29) is 36.4 Å². The van der Waals surface area contributed by atoms with Crippen LogP contribution in [-0.2, 0) is 9.53 Å². The second kappa shape index (κ2) is 7.95. The fourth-order valence-electron chi connectivity index (χ4n) is 3.43. The van der Waals surface area contributed by atoms with Gasteiger partial charge in [0.1, 0.15) is 6.10 Å². The quantitative estimate of drug-likeness (QED) is 0.909. The third-order valence-corrected chi connectivity index (χ3v) is 4.61. The van der Waals surface area contributed by atoms with Crippen molar-refractivity contribution in [3.8, 4) is 0 Å². The average Bonchev–Trinajstić information content (AvgIpc) is 2.55. The number of halogens is 1. The molecular formula is C17H25ClN2O2. The number of hydrogen-bond donors (Lipinski definition) is 1. The first kappa shape index (κ1) is 17.3. The Morgan fingerprint density at radius 2 is 2.00 bits per heavy atom. The van der Waals surface area contributed by atoms with Crippen LogP contribution in [-0.4, -0.2) is 36.5 Å². The van der Waals surface area contributed by atoms with Crippen molar-refractivity contribution in [2.24, 2.45) is 11.7 Å². The number of carbonyl (C=O) groups excluding carboxylic acids is 1. The first-order chi connectivity index (χ1) is 10.2. The van der Waals surface area contributed by atoms with Crippen molar-refractivity contribution < 1.29 is 9.53 Å². The van der Waals surface area contributed by atoms with Gasteiger partial charge in [0.15, 0.2) is 0 Å². The number of rotatable bonds is 2. The molecule has 0 aromatic heterocycles. The Morgan fingerprint density at radius 3 is 2.73 bits per heavy atom. The summed E-state index contributed by atoms with van der Waals surface area (Å²) in [5.74, 6) is 0.387. The summed E-state index contributed by atoms with van der Waals surface area (Å²) in [6, 6.07) is 10.3. The summed E-state index contributed by atoms with van der Waals surface area (Å²) in [5.41, 5.74) is 7.16. The molecule has 1 aliphatic carbocycles. The Bertz CT molecular complexity index is 483. The molecule has 3 rings (SSSR count). The van der Waals surface area contributed by atoms with Crippen LogP contribution in [0.5, 0.6) is 0 Å². The molecule has 2 aliphatic rings. The largest absolute Gasteiger partial charge is 0.370 e. The Balaban J connectivity index is 0.00000176. The van der Waals surface area contributed by atoms with Gasteiger partial charge >= 0.3 is 0 Å². The first-order valence-corrected chi connectivity index (χ1v) is 7.95. The molecule has 5 heteroatoms. The monoisotopic (exact) mass is 324 g/mol. The molecule has 1 saturated heterocycles. The maximum Gasteiger partial charge on any atom is 0.225 e. The normalized spacial score (nSPS) is 28.8. The van der Waals surface area contributed by atoms with Gasteiger partial charge in [0, 0.05) is 18.5 Å². The third kappa shape index (κ3) is 4.00. The number of hydrogen-bond acceptors (Lipinski definition) is 3. The minimum atomic E-state index is 0. The van der Waals surface area contributed by atoms with Crippen molar-refractivity contribution in [2.45, 2.75) is 37.8 Å². The highest BCUT2D eigenvalue weighted by molar-refractivity contribution is 5.85. The molecule has 0 spiro atoms. The van der Waals surface area contributed by atoms with Crippen LogP contribution in [0.3, 0.4) is 0 Å². The van der Waals surface area contributed by atoms with E-state index in [1.54, 1.807) is 0 Å². The molecule has 1 aromatic rings. The number of carbonyl (C=O) groups is 1. The van der Waals surface area contributed by atoms with Crippen molar-refractivity contribution in [3.63, 3.8) is 0 Å². The van der Waals surface area contributed by atoms with E-state index in [1.807, 2.05) is 23.1 Å². The summed E-state index contributed by atoms with van der Waals surface area (Å²) < 4.78 is 5.83. The van der Waals surface area contributed by atoms with Crippen molar-refractivity contribution in [1.82, 2.24) is 4.90 Å². The topological polar surface area (TPSA) is 55.6 Å².